The summed E-state index contributed by atoms with van der Waals surface area (Å²) in [5.74, 6) is 1.79. The van der Waals surface area contributed by atoms with Crippen LogP contribution in [0.1, 0.15) is 72.6 Å². The Morgan fingerprint density at radius 2 is 1.64 bits per heavy atom. The summed E-state index contributed by atoms with van der Waals surface area (Å²) >= 11 is 0. The lowest BCUT2D eigenvalue weighted by molar-refractivity contribution is 0.136. The number of nitrogens with one attached hydrogen (secondary N) is 2. The van der Waals surface area contributed by atoms with Gasteiger partial charge in [0.1, 0.15) is 0 Å². The second-order valence-electron chi connectivity index (χ2n) is 9.41. The molecule has 1 heterocycles. The lowest BCUT2D eigenvalue weighted by Gasteiger charge is -2.34. The topological polar surface area (TPSA) is 42.9 Å². The highest BCUT2D eigenvalue weighted by molar-refractivity contribution is 5.79. The number of rotatable bonds is 11. The zero-order valence-electron chi connectivity index (χ0n) is 19.2. The predicted molar refractivity (Wildman–Crippen MR) is 122 cm³/mol. The van der Waals surface area contributed by atoms with E-state index >= 15 is 0 Å². The first kappa shape index (κ1) is 23.5. The van der Waals surface area contributed by atoms with E-state index < -0.39 is 0 Å². The maximum atomic E-state index is 5.00. The molecule has 0 spiro atoms. The van der Waals surface area contributed by atoms with Crippen LogP contribution in [0.2, 0.25) is 0 Å². The quantitative estimate of drug-likeness (QED) is 0.320. The summed E-state index contributed by atoms with van der Waals surface area (Å²) < 4.78 is 0. The highest BCUT2D eigenvalue weighted by atomic mass is 15.3. The highest BCUT2D eigenvalue weighted by Gasteiger charge is 2.34. The summed E-state index contributed by atoms with van der Waals surface area (Å²) in [6.45, 7) is 19.5. The van der Waals surface area contributed by atoms with Crippen molar-refractivity contribution in [2.75, 3.05) is 58.9 Å². The van der Waals surface area contributed by atoms with Crippen LogP contribution >= 0.6 is 0 Å². The van der Waals surface area contributed by atoms with Gasteiger partial charge in [0, 0.05) is 45.8 Å². The van der Waals surface area contributed by atoms with Crippen LogP contribution in [0.15, 0.2) is 4.99 Å². The zero-order chi connectivity index (χ0) is 20.2. The first-order valence-corrected chi connectivity index (χ1v) is 12.0. The van der Waals surface area contributed by atoms with E-state index in [2.05, 4.69) is 48.1 Å². The minimum atomic E-state index is 0.456. The van der Waals surface area contributed by atoms with E-state index in [1.165, 1.54) is 84.2 Å². The van der Waals surface area contributed by atoms with Gasteiger partial charge in [0.15, 0.2) is 5.96 Å². The summed E-state index contributed by atoms with van der Waals surface area (Å²) in [6.07, 6.45) is 9.31. The van der Waals surface area contributed by atoms with E-state index in [1.54, 1.807) is 0 Å². The van der Waals surface area contributed by atoms with Crippen molar-refractivity contribution in [2.24, 2.45) is 16.3 Å². The van der Waals surface area contributed by atoms with Gasteiger partial charge in [0.25, 0.3) is 0 Å². The average molecular weight is 394 g/mol. The Bertz CT molecular complexity index is 434. The summed E-state index contributed by atoms with van der Waals surface area (Å²) in [4.78, 5) is 10.2. The fourth-order valence-corrected chi connectivity index (χ4v) is 5.00. The minimum absolute atomic E-state index is 0.456. The van der Waals surface area contributed by atoms with Crippen molar-refractivity contribution in [1.82, 2.24) is 20.4 Å². The molecule has 2 N–H and O–H groups in total. The molecule has 0 bridgehead atoms. The Kier molecular flexibility index (Phi) is 10.6. The van der Waals surface area contributed by atoms with Crippen molar-refractivity contribution in [3.05, 3.63) is 0 Å². The fourth-order valence-electron chi connectivity index (χ4n) is 5.00. The van der Waals surface area contributed by atoms with Gasteiger partial charge in [-0.2, -0.15) is 0 Å². The molecule has 1 aliphatic carbocycles. The Hall–Kier alpha value is -0.810. The molecule has 0 unspecified atom stereocenters. The van der Waals surface area contributed by atoms with Gasteiger partial charge in [-0.15, -0.1) is 0 Å². The number of hydrogen-bond acceptors (Lipinski definition) is 3. The van der Waals surface area contributed by atoms with Crippen LogP contribution in [-0.4, -0.2) is 74.7 Å². The summed E-state index contributed by atoms with van der Waals surface area (Å²) in [7, 11) is 0. The number of hydrogen-bond donors (Lipinski definition) is 2. The molecule has 0 aromatic carbocycles. The summed E-state index contributed by atoms with van der Waals surface area (Å²) in [5, 5.41) is 7.03. The first-order chi connectivity index (χ1) is 13.6. The van der Waals surface area contributed by atoms with E-state index in [1.807, 2.05) is 0 Å². The SMILES string of the molecule is CCNC(=NCC1(CC(C)C)CCCC1)NCCCCN1CCN(CC)CC1. The molecule has 28 heavy (non-hydrogen) atoms. The highest BCUT2D eigenvalue weighted by Crippen LogP contribution is 2.43. The molecule has 5 nitrogen and oxygen atoms in total. The second kappa shape index (κ2) is 12.7. The molecule has 2 rings (SSSR count). The molecule has 1 saturated heterocycles. The average Bonchev–Trinajstić information content (AvgIpc) is 3.14. The lowest BCUT2D eigenvalue weighted by atomic mass is 9.78. The third-order valence-electron chi connectivity index (χ3n) is 6.53. The molecule has 0 aromatic rings. The van der Waals surface area contributed by atoms with Crippen molar-refractivity contribution < 1.29 is 0 Å². The molecule has 1 aliphatic heterocycles. The molecule has 0 aromatic heterocycles. The van der Waals surface area contributed by atoms with E-state index in [-0.39, 0.29) is 0 Å². The number of likely N-dealkylation sites (N-methyl/N-ethyl adjacent to an activating group) is 1. The molecule has 0 atom stereocenters. The second-order valence-corrected chi connectivity index (χ2v) is 9.41. The largest absolute Gasteiger partial charge is 0.357 e. The van der Waals surface area contributed by atoms with Crippen molar-refractivity contribution >= 4 is 5.96 Å². The van der Waals surface area contributed by atoms with E-state index in [9.17, 15) is 0 Å². The number of aliphatic imine (C=N–C) groups is 1. The molecule has 164 valence electrons. The monoisotopic (exact) mass is 393 g/mol. The van der Waals surface area contributed by atoms with Crippen molar-refractivity contribution in [3.8, 4) is 0 Å². The van der Waals surface area contributed by atoms with Gasteiger partial charge in [0.2, 0.25) is 0 Å². The number of guanidine groups is 1. The van der Waals surface area contributed by atoms with Crippen LogP contribution in [0.4, 0.5) is 0 Å². The van der Waals surface area contributed by atoms with Gasteiger partial charge in [-0.3, -0.25) is 4.99 Å². The molecule has 0 radical (unpaired) electrons. The zero-order valence-corrected chi connectivity index (χ0v) is 19.2. The minimum Gasteiger partial charge on any atom is -0.357 e. The van der Waals surface area contributed by atoms with E-state index in [4.69, 9.17) is 4.99 Å². The van der Waals surface area contributed by atoms with E-state index in [0.29, 0.717) is 5.41 Å². The first-order valence-electron chi connectivity index (χ1n) is 12.0. The van der Waals surface area contributed by atoms with Crippen molar-refractivity contribution in [1.29, 1.82) is 0 Å². The molecular weight excluding hydrogens is 346 g/mol. The van der Waals surface area contributed by atoms with Gasteiger partial charge >= 0.3 is 0 Å². The smallest absolute Gasteiger partial charge is 0.191 e. The summed E-state index contributed by atoms with van der Waals surface area (Å²) in [6, 6.07) is 0. The van der Waals surface area contributed by atoms with Gasteiger partial charge < -0.3 is 20.4 Å². The Morgan fingerprint density at radius 3 is 2.25 bits per heavy atom. The molecule has 5 heteroatoms. The van der Waals surface area contributed by atoms with Gasteiger partial charge in [-0.05, 0) is 63.5 Å². The van der Waals surface area contributed by atoms with E-state index in [0.717, 1.165) is 31.5 Å². The van der Waals surface area contributed by atoms with Crippen LogP contribution in [0, 0.1) is 11.3 Å². The molecule has 2 fully saturated rings. The third kappa shape index (κ3) is 8.28. The standard InChI is InChI=1S/C23H47N5/c1-5-24-22(26-20-23(19-21(3)4)11-7-8-12-23)25-13-9-10-14-28-17-15-27(6-2)16-18-28/h21H,5-20H2,1-4H3,(H2,24,25,26). The maximum Gasteiger partial charge on any atom is 0.191 e. The Morgan fingerprint density at radius 1 is 0.964 bits per heavy atom. The Labute approximate surface area is 174 Å². The van der Waals surface area contributed by atoms with Crippen LogP contribution in [-0.2, 0) is 0 Å². The predicted octanol–water partition coefficient (Wildman–Crippen LogP) is 3.57. The molecule has 1 saturated carbocycles. The van der Waals surface area contributed by atoms with Crippen LogP contribution < -0.4 is 10.6 Å². The molecular formula is C23H47N5. The van der Waals surface area contributed by atoms with Gasteiger partial charge in [0.05, 0.1) is 0 Å². The van der Waals surface area contributed by atoms with Crippen LogP contribution in [0.3, 0.4) is 0 Å². The third-order valence-corrected chi connectivity index (χ3v) is 6.53. The number of piperazine rings is 1. The fraction of sp³-hybridized carbons (Fsp3) is 0.957. The molecule has 2 aliphatic rings. The molecule has 0 amide bonds. The number of nitrogens with zero attached hydrogens (tertiary/aromatic N) is 3. The number of unbranched alkanes of at least 4 members (excludes halogenated alkanes) is 1. The van der Waals surface area contributed by atoms with Gasteiger partial charge in [-0.1, -0.05) is 33.6 Å². The normalized spacial score (nSPS) is 21.4. The van der Waals surface area contributed by atoms with Crippen molar-refractivity contribution in [2.45, 2.75) is 72.6 Å². The van der Waals surface area contributed by atoms with Crippen molar-refractivity contribution in [3.63, 3.8) is 0 Å². The van der Waals surface area contributed by atoms with Gasteiger partial charge in [-0.25, -0.2) is 0 Å². The summed E-state index contributed by atoms with van der Waals surface area (Å²) in [5.41, 5.74) is 0.456. The van der Waals surface area contributed by atoms with Crippen LogP contribution in [0.5, 0.6) is 0 Å². The van der Waals surface area contributed by atoms with Crippen LogP contribution in [0.25, 0.3) is 0 Å². The Balaban J connectivity index is 1.68. The lowest BCUT2D eigenvalue weighted by Crippen LogP contribution is -2.46. The maximum absolute atomic E-state index is 5.00.